The molecule has 0 saturated carbocycles. The van der Waals surface area contributed by atoms with Gasteiger partial charge in [-0.15, -0.1) is 0 Å². The summed E-state index contributed by atoms with van der Waals surface area (Å²) in [5, 5.41) is 3.34. The molecule has 0 aromatic heterocycles. The van der Waals surface area contributed by atoms with Crippen molar-refractivity contribution in [1.82, 2.24) is 5.32 Å². The van der Waals surface area contributed by atoms with Gasteiger partial charge < -0.3 is 5.32 Å². The monoisotopic (exact) mass is 456 g/mol. The predicted molar refractivity (Wildman–Crippen MR) is 125 cm³/mol. The number of rotatable bonds is 8. The molecule has 0 aliphatic rings. The number of carbonyl (C=O) groups excluding carboxylic acids is 1. The molecule has 0 spiro atoms. The molecule has 0 aliphatic heterocycles. The quantitative estimate of drug-likeness (QED) is 0.512. The Balaban J connectivity index is 1.91. The minimum atomic E-state index is -3.98. The molecule has 5 nitrogen and oxygen atoms in total. The summed E-state index contributed by atoms with van der Waals surface area (Å²) in [6.07, 6.45) is 0.678. The fourth-order valence-corrected chi connectivity index (χ4v) is 4.86. The third-order valence-corrected chi connectivity index (χ3v) is 6.96. The summed E-state index contributed by atoms with van der Waals surface area (Å²) in [6.45, 7) is 3.49. The predicted octanol–water partition coefficient (Wildman–Crippen LogP) is 5.11. The van der Waals surface area contributed by atoms with Crippen LogP contribution in [-0.2, 0) is 14.8 Å². The van der Waals surface area contributed by atoms with E-state index in [-0.39, 0.29) is 17.5 Å². The SMILES string of the molecule is CCC(NC(=O)CN(c1cccc(Cl)c1)S(=O)(=O)c1ccc(C)cc1)c1ccccc1. The zero-order valence-electron chi connectivity index (χ0n) is 17.5. The molecule has 0 radical (unpaired) electrons. The zero-order valence-corrected chi connectivity index (χ0v) is 19.0. The van der Waals surface area contributed by atoms with Crippen LogP contribution in [0, 0.1) is 6.92 Å². The van der Waals surface area contributed by atoms with Crippen LogP contribution in [0.25, 0.3) is 0 Å². The molecule has 0 bridgehead atoms. The van der Waals surface area contributed by atoms with Gasteiger partial charge in [0.15, 0.2) is 0 Å². The van der Waals surface area contributed by atoms with Crippen molar-refractivity contribution in [1.29, 1.82) is 0 Å². The first kappa shape index (κ1) is 22.8. The lowest BCUT2D eigenvalue weighted by Crippen LogP contribution is -2.42. The molecule has 162 valence electrons. The second-order valence-electron chi connectivity index (χ2n) is 7.24. The first-order valence-electron chi connectivity index (χ1n) is 10.0. The first-order valence-corrected chi connectivity index (χ1v) is 11.8. The summed E-state index contributed by atoms with van der Waals surface area (Å²) in [5.41, 5.74) is 2.24. The number of amides is 1. The molecule has 3 aromatic rings. The van der Waals surface area contributed by atoms with Crippen molar-refractivity contribution in [3.05, 3.63) is 95.0 Å². The lowest BCUT2D eigenvalue weighted by atomic mass is 10.0. The van der Waals surface area contributed by atoms with Crippen molar-refractivity contribution in [2.45, 2.75) is 31.2 Å². The van der Waals surface area contributed by atoms with Gasteiger partial charge in [-0.05, 0) is 49.2 Å². The lowest BCUT2D eigenvalue weighted by molar-refractivity contribution is -0.120. The summed E-state index contributed by atoms with van der Waals surface area (Å²) in [6, 6.07) is 22.4. The molecule has 1 N–H and O–H groups in total. The normalized spacial score (nSPS) is 12.2. The van der Waals surface area contributed by atoms with E-state index in [1.54, 1.807) is 42.5 Å². The van der Waals surface area contributed by atoms with Crippen LogP contribution >= 0.6 is 11.6 Å². The first-order chi connectivity index (χ1) is 14.8. The number of sulfonamides is 1. The van der Waals surface area contributed by atoms with E-state index in [4.69, 9.17) is 11.6 Å². The number of anilines is 1. The van der Waals surface area contributed by atoms with Crippen LogP contribution in [0.5, 0.6) is 0 Å². The summed E-state index contributed by atoms with van der Waals surface area (Å²) >= 11 is 6.11. The van der Waals surface area contributed by atoms with Gasteiger partial charge in [0, 0.05) is 5.02 Å². The van der Waals surface area contributed by atoms with Crippen LogP contribution < -0.4 is 9.62 Å². The van der Waals surface area contributed by atoms with E-state index < -0.39 is 15.9 Å². The summed E-state index contributed by atoms with van der Waals surface area (Å²) in [7, 11) is -3.98. The fraction of sp³-hybridized carbons (Fsp3) is 0.208. The van der Waals surface area contributed by atoms with Gasteiger partial charge in [0.1, 0.15) is 6.54 Å². The number of hydrogen-bond acceptors (Lipinski definition) is 3. The molecule has 0 saturated heterocycles. The van der Waals surface area contributed by atoms with Crippen LogP contribution in [0.2, 0.25) is 5.02 Å². The van der Waals surface area contributed by atoms with Crippen molar-refractivity contribution in [2.75, 3.05) is 10.8 Å². The molecule has 3 aromatic carbocycles. The van der Waals surface area contributed by atoms with Gasteiger partial charge in [-0.3, -0.25) is 9.10 Å². The van der Waals surface area contributed by atoms with Gasteiger partial charge in [0.2, 0.25) is 5.91 Å². The van der Waals surface area contributed by atoms with Crippen LogP contribution in [-0.4, -0.2) is 20.9 Å². The van der Waals surface area contributed by atoms with E-state index in [9.17, 15) is 13.2 Å². The number of benzene rings is 3. The molecule has 0 fully saturated rings. The smallest absolute Gasteiger partial charge is 0.264 e. The Morgan fingerprint density at radius 2 is 1.68 bits per heavy atom. The highest BCUT2D eigenvalue weighted by molar-refractivity contribution is 7.92. The minimum Gasteiger partial charge on any atom is -0.348 e. The second kappa shape index (κ2) is 9.98. The van der Waals surface area contributed by atoms with E-state index in [1.807, 2.05) is 44.2 Å². The van der Waals surface area contributed by atoms with Crippen LogP contribution in [0.4, 0.5) is 5.69 Å². The summed E-state index contributed by atoms with van der Waals surface area (Å²) in [5.74, 6) is -0.397. The standard InChI is InChI=1S/C24H25ClN2O3S/c1-3-23(19-8-5-4-6-9-19)26-24(28)17-27(21-11-7-10-20(25)16-21)31(29,30)22-14-12-18(2)13-15-22/h4-16,23H,3,17H2,1-2H3,(H,26,28). The largest absolute Gasteiger partial charge is 0.348 e. The molecular weight excluding hydrogens is 432 g/mol. The second-order valence-corrected chi connectivity index (χ2v) is 9.54. The topological polar surface area (TPSA) is 66.5 Å². The van der Waals surface area contributed by atoms with Crippen molar-refractivity contribution >= 4 is 33.2 Å². The third kappa shape index (κ3) is 5.66. The Morgan fingerprint density at radius 3 is 2.29 bits per heavy atom. The van der Waals surface area contributed by atoms with Crippen LogP contribution in [0.1, 0.15) is 30.5 Å². The van der Waals surface area contributed by atoms with Crippen molar-refractivity contribution in [2.24, 2.45) is 0 Å². The van der Waals surface area contributed by atoms with Crippen molar-refractivity contribution in [3.63, 3.8) is 0 Å². The molecule has 31 heavy (non-hydrogen) atoms. The van der Waals surface area contributed by atoms with Gasteiger partial charge in [0.05, 0.1) is 16.6 Å². The van der Waals surface area contributed by atoms with Gasteiger partial charge in [-0.1, -0.05) is 72.6 Å². The number of aryl methyl sites for hydroxylation is 1. The minimum absolute atomic E-state index is 0.112. The average Bonchev–Trinajstić information content (AvgIpc) is 2.76. The number of nitrogens with zero attached hydrogens (tertiary/aromatic N) is 1. The van der Waals surface area contributed by atoms with E-state index >= 15 is 0 Å². The Morgan fingerprint density at radius 1 is 1.00 bits per heavy atom. The molecular formula is C24H25ClN2O3S. The maximum absolute atomic E-state index is 13.4. The highest BCUT2D eigenvalue weighted by atomic mass is 35.5. The molecule has 0 aliphatic carbocycles. The number of carbonyl (C=O) groups is 1. The van der Waals surface area contributed by atoms with E-state index in [1.165, 1.54) is 6.07 Å². The van der Waals surface area contributed by atoms with Crippen LogP contribution in [0.15, 0.2) is 83.8 Å². The molecule has 3 rings (SSSR count). The molecule has 7 heteroatoms. The third-order valence-electron chi connectivity index (χ3n) is 4.94. The Labute approximate surface area is 188 Å². The Hall–Kier alpha value is -2.83. The Bertz CT molecular complexity index is 1130. The number of nitrogens with one attached hydrogen (secondary N) is 1. The van der Waals surface area contributed by atoms with E-state index in [2.05, 4.69) is 5.32 Å². The van der Waals surface area contributed by atoms with Gasteiger partial charge in [0.25, 0.3) is 10.0 Å². The fourth-order valence-electron chi connectivity index (χ4n) is 3.26. The zero-order chi connectivity index (χ0) is 22.4. The van der Waals surface area contributed by atoms with E-state index in [0.29, 0.717) is 17.1 Å². The van der Waals surface area contributed by atoms with Crippen molar-refractivity contribution in [3.8, 4) is 0 Å². The molecule has 1 unspecified atom stereocenters. The lowest BCUT2D eigenvalue weighted by Gasteiger charge is -2.26. The highest BCUT2D eigenvalue weighted by Gasteiger charge is 2.28. The number of hydrogen-bond donors (Lipinski definition) is 1. The van der Waals surface area contributed by atoms with Crippen LogP contribution in [0.3, 0.4) is 0 Å². The van der Waals surface area contributed by atoms with Gasteiger partial charge >= 0.3 is 0 Å². The molecule has 1 amide bonds. The Kier molecular flexibility index (Phi) is 7.36. The van der Waals surface area contributed by atoms with Crippen molar-refractivity contribution < 1.29 is 13.2 Å². The number of halogens is 1. The van der Waals surface area contributed by atoms with Gasteiger partial charge in [-0.25, -0.2) is 8.42 Å². The maximum Gasteiger partial charge on any atom is 0.264 e. The highest BCUT2D eigenvalue weighted by Crippen LogP contribution is 2.26. The maximum atomic E-state index is 13.4. The molecule has 0 heterocycles. The molecule has 1 atom stereocenters. The van der Waals surface area contributed by atoms with Gasteiger partial charge in [-0.2, -0.15) is 0 Å². The summed E-state index contributed by atoms with van der Waals surface area (Å²) < 4.78 is 27.9. The average molecular weight is 457 g/mol. The van der Waals surface area contributed by atoms with E-state index in [0.717, 1.165) is 15.4 Å². The summed E-state index contributed by atoms with van der Waals surface area (Å²) in [4.78, 5) is 13.0.